The van der Waals surface area contributed by atoms with Crippen molar-refractivity contribution in [1.29, 1.82) is 0 Å². The van der Waals surface area contributed by atoms with Crippen molar-refractivity contribution in [3.8, 4) is 11.6 Å². The fraction of sp³-hybridized carbons (Fsp3) is 0.364. The van der Waals surface area contributed by atoms with Crippen LogP contribution in [0.3, 0.4) is 0 Å². The first-order valence-corrected chi connectivity index (χ1v) is 5.82. The highest BCUT2D eigenvalue weighted by atomic mass is 35.5. The van der Waals surface area contributed by atoms with E-state index in [2.05, 4.69) is 27.4 Å². The number of rotatable bonds is 5. The zero-order valence-corrected chi connectivity index (χ0v) is 10.2. The van der Waals surface area contributed by atoms with Crippen LogP contribution in [0.5, 0.6) is 0 Å². The standard InChI is InChI=1S/C11H13ClN4O/c1-2-5-13-7-10-15-16-11(17-10)9-4-3-8(12)6-14-9/h3-4,6,13H,2,5,7H2,1H3. The molecule has 0 fully saturated rings. The lowest BCUT2D eigenvalue weighted by atomic mass is 10.3. The Morgan fingerprint density at radius 2 is 2.24 bits per heavy atom. The third-order valence-corrected chi connectivity index (χ3v) is 2.34. The molecule has 0 unspecified atom stereocenters. The second kappa shape index (κ2) is 5.75. The highest BCUT2D eigenvalue weighted by Crippen LogP contribution is 2.16. The molecule has 17 heavy (non-hydrogen) atoms. The van der Waals surface area contributed by atoms with Gasteiger partial charge in [0.15, 0.2) is 0 Å². The van der Waals surface area contributed by atoms with Gasteiger partial charge in [-0.2, -0.15) is 0 Å². The lowest BCUT2D eigenvalue weighted by molar-refractivity contribution is 0.476. The minimum Gasteiger partial charge on any atom is -0.418 e. The van der Waals surface area contributed by atoms with Crippen LogP contribution in [0.1, 0.15) is 19.2 Å². The predicted octanol–water partition coefficient (Wildman–Crippen LogP) is 2.28. The molecule has 1 N–H and O–H groups in total. The largest absolute Gasteiger partial charge is 0.418 e. The third-order valence-electron chi connectivity index (χ3n) is 2.12. The van der Waals surface area contributed by atoms with Crippen LogP contribution >= 0.6 is 11.6 Å². The molecule has 90 valence electrons. The van der Waals surface area contributed by atoms with Gasteiger partial charge in [0.2, 0.25) is 5.89 Å². The summed E-state index contributed by atoms with van der Waals surface area (Å²) in [5.41, 5.74) is 0.628. The number of pyridine rings is 1. The molecule has 2 heterocycles. The molecule has 0 saturated heterocycles. The molecule has 0 atom stereocenters. The number of hydrogen-bond acceptors (Lipinski definition) is 5. The molecular formula is C11H13ClN4O. The zero-order valence-electron chi connectivity index (χ0n) is 9.48. The van der Waals surface area contributed by atoms with Gasteiger partial charge in [-0.1, -0.05) is 18.5 Å². The van der Waals surface area contributed by atoms with Crippen LogP contribution < -0.4 is 5.32 Å². The Morgan fingerprint density at radius 3 is 2.94 bits per heavy atom. The van der Waals surface area contributed by atoms with Gasteiger partial charge in [0.1, 0.15) is 5.69 Å². The average Bonchev–Trinajstić information content (AvgIpc) is 2.79. The van der Waals surface area contributed by atoms with Crippen LogP contribution in [0.15, 0.2) is 22.7 Å². The minimum atomic E-state index is 0.412. The van der Waals surface area contributed by atoms with E-state index < -0.39 is 0 Å². The van der Waals surface area contributed by atoms with Crippen LogP contribution in [0.25, 0.3) is 11.6 Å². The first-order valence-electron chi connectivity index (χ1n) is 5.44. The molecular weight excluding hydrogens is 240 g/mol. The van der Waals surface area contributed by atoms with E-state index in [4.69, 9.17) is 16.0 Å². The minimum absolute atomic E-state index is 0.412. The summed E-state index contributed by atoms with van der Waals surface area (Å²) >= 11 is 5.75. The summed E-state index contributed by atoms with van der Waals surface area (Å²) in [7, 11) is 0. The molecule has 6 heteroatoms. The predicted molar refractivity (Wildman–Crippen MR) is 64.5 cm³/mol. The SMILES string of the molecule is CCCNCc1nnc(-c2ccc(Cl)cn2)o1. The molecule has 0 bridgehead atoms. The van der Waals surface area contributed by atoms with Gasteiger partial charge in [-0.15, -0.1) is 10.2 Å². The molecule has 0 aliphatic heterocycles. The van der Waals surface area contributed by atoms with E-state index in [0.29, 0.717) is 29.0 Å². The highest BCUT2D eigenvalue weighted by molar-refractivity contribution is 6.30. The summed E-state index contributed by atoms with van der Waals surface area (Å²) < 4.78 is 5.47. The van der Waals surface area contributed by atoms with Crippen molar-refractivity contribution in [2.24, 2.45) is 0 Å². The highest BCUT2D eigenvalue weighted by Gasteiger charge is 2.08. The third kappa shape index (κ3) is 3.25. The second-order valence-electron chi connectivity index (χ2n) is 3.54. The van der Waals surface area contributed by atoms with Gasteiger partial charge in [-0.3, -0.25) is 0 Å². The fourth-order valence-electron chi connectivity index (χ4n) is 1.30. The molecule has 0 radical (unpaired) electrons. The average molecular weight is 253 g/mol. The summed E-state index contributed by atoms with van der Waals surface area (Å²) in [6.45, 7) is 3.61. The van der Waals surface area contributed by atoms with Gasteiger partial charge in [-0.25, -0.2) is 4.98 Å². The fourth-order valence-corrected chi connectivity index (χ4v) is 1.41. The number of halogens is 1. The Balaban J connectivity index is 2.04. The van der Waals surface area contributed by atoms with Crippen molar-refractivity contribution in [2.45, 2.75) is 19.9 Å². The van der Waals surface area contributed by atoms with E-state index in [0.717, 1.165) is 13.0 Å². The summed E-state index contributed by atoms with van der Waals surface area (Å²) in [6.07, 6.45) is 2.62. The Labute approximate surface area is 104 Å². The summed E-state index contributed by atoms with van der Waals surface area (Å²) in [4.78, 5) is 4.11. The Morgan fingerprint density at radius 1 is 1.35 bits per heavy atom. The van der Waals surface area contributed by atoms with Crippen molar-refractivity contribution in [1.82, 2.24) is 20.5 Å². The Kier molecular flexibility index (Phi) is 4.06. The number of hydrogen-bond donors (Lipinski definition) is 1. The van der Waals surface area contributed by atoms with E-state index in [-0.39, 0.29) is 0 Å². The Bertz CT molecular complexity index is 469. The lowest BCUT2D eigenvalue weighted by Crippen LogP contribution is -2.13. The molecule has 0 aliphatic rings. The topological polar surface area (TPSA) is 63.8 Å². The maximum atomic E-state index is 5.75. The van der Waals surface area contributed by atoms with E-state index in [9.17, 15) is 0 Å². The van der Waals surface area contributed by atoms with E-state index in [1.165, 1.54) is 0 Å². The van der Waals surface area contributed by atoms with Crippen molar-refractivity contribution in [3.63, 3.8) is 0 Å². The van der Waals surface area contributed by atoms with Gasteiger partial charge in [-0.05, 0) is 25.1 Å². The molecule has 5 nitrogen and oxygen atoms in total. The molecule has 2 aromatic heterocycles. The zero-order chi connectivity index (χ0) is 12.1. The Hall–Kier alpha value is -1.46. The lowest BCUT2D eigenvalue weighted by Gasteiger charge is -1.96. The normalized spacial score (nSPS) is 10.7. The van der Waals surface area contributed by atoms with Gasteiger partial charge >= 0.3 is 0 Å². The number of aromatic nitrogens is 3. The van der Waals surface area contributed by atoms with Crippen molar-refractivity contribution in [3.05, 3.63) is 29.2 Å². The van der Waals surface area contributed by atoms with Crippen molar-refractivity contribution in [2.75, 3.05) is 6.54 Å². The molecule has 2 aromatic rings. The van der Waals surface area contributed by atoms with Gasteiger partial charge in [0.05, 0.1) is 11.6 Å². The van der Waals surface area contributed by atoms with E-state index in [1.807, 2.05) is 0 Å². The monoisotopic (exact) mass is 252 g/mol. The molecule has 2 rings (SSSR count). The quantitative estimate of drug-likeness (QED) is 0.827. The van der Waals surface area contributed by atoms with Crippen molar-refractivity contribution >= 4 is 11.6 Å². The molecule has 0 spiro atoms. The van der Waals surface area contributed by atoms with E-state index >= 15 is 0 Å². The summed E-state index contributed by atoms with van der Waals surface area (Å²) in [5.74, 6) is 0.972. The van der Waals surface area contributed by atoms with Gasteiger partial charge in [0, 0.05) is 6.20 Å². The van der Waals surface area contributed by atoms with Gasteiger partial charge in [0.25, 0.3) is 5.89 Å². The van der Waals surface area contributed by atoms with Crippen LogP contribution in [-0.2, 0) is 6.54 Å². The first-order chi connectivity index (χ1) is 8.29. The van der Waals surface area contributed by atoms with Crippen LogP contribution in [0, 0.1) is 0 Å². The number of nitrogens with one attached hydrogen (secondary N) is 1. The van der Waals surface area contributed by atoms with Crippen LogP contribution in [-0.4, -0.2) is 21.7 Å². The van der Waals surface area contributed by atoms with Gasteiger partial charge < -0.3 is 9.73 Å². The molecule has 0 aliphatic carbocycles. The second-order valence-corrected chi connectivity index (χ2v) is 3.98. The van der Waals surface area contributed by atoms with E-state index in [1.54, 1.807) is 18.3 Å². The van der Waals surface area contributed by atoms with Crippen molar-refractivity contribution < 1.29 is 4.42 Å². The van der Waals surface area contributed by atoms with Crippen LogP contribution in [0.2, 0.25) is 5.02 Å². The number of nitrogens with zero attached hydrogens (tertiary/aromatic N) is 3. The molecule has 0 aromatic carbocycles. The summed E-state index contributed by atoms with van der Waals surface area (Å²) in [6, 6.07) is 3.49. The molecule has 0 saturated carbocycles. The molecule has 0 amide bonds. The smallest absolute Gasteiger partial charge is 0.266 e. The summed E-state index contributed by atoms with van der Waals surface area (Å²) in [5, 5.41) is 11.6. The van der Waals surface area contributed by atoms with Crippen LogP contribution in [0.4, 0.5) is 0 Å². The maximum Gasteiger partial charge on any atom is 0.266 e. The maximum absolute atomic E-state index is 5.75. The first kappa shape index (κ1) is 12.0.